The van der Waals surface area contributed by atoms with Crippen molar-refractivity contribution < 1.29 is 9.59 Å². The molecule has 5 heteroatoms. The van der Waals surface area contributed by atoms with Crippen molar-refractivity contribution in [1.29, 1.82) is 0 Å². The van der Waals surface area contributed by atoms with E-state index in [0.29, 0.717) is 13.1 Å². The fourth-order valence-electron chi connectivity index (χ4n) is 3.07. The molecule has 4 nitrogen and oxygen atoms in total. The minimum absolute atomic E-state index is 0.0589. The summed E-state index contributed by atoms with van der Waals surface area (Å²) in [6, 6.07) is 15.8. The Morgan fingerprint density at radius 1 is 1.24 bits per heavy atom. The number of halogens is 1. The van der Waals surface area contributed by atoms with Crippen molar-refractivity contribution >= 4 is 33.4 Å². The molecule has 0 aliphatic carbocycles. The standard InChI is InChI=1S/C20H21BrN2O2/c1-14-11-17(21)7-8-18(14)22-20(25)16-12-19(24)23(13-16)10-9-15-5-3-2-4-6-15/h2-8,11,16H,9-10,12-13H2,1H3,(H,22,25)/t16-/m0/s1. The smallest absolute Gasteiger partial charge is 0.229 e. The van der Waals surface area contributed by atoms with Crippen LogP contribution >= 0.6 is 15.9 Å². The van der Waals surface area contributed by atoms with Crippen molar-refractivity contribution in [1.82, 2.24) is 4.90 Å². The van der Waals surface area contributed by atoms with Crippen LogP contribution in [0.5, 0.6) is 0 Å². The summed E-state index contributed by atoms with van der Waals surface area (Å²) in [5.74, 6) is -0.309. The molecular weight excluding hydrogens is 380 g/mol. The van der Waals surface area contributed by atoms with Gasteiger partial charge < -0.3 is 10.2 Å². The minimum atomic E-state index is -0.286. The fraction of sp³-hybridized carbons (Fsp3) is 0.300. The summed E-state index contributed by atoms with van der Waals surface area (Å²) >= 11 is 3.42. The van der Waals surface area contributed by atoms with Gasteiger partial charge >= 0.3 is 0 Å². The highest BCUT2D eigenvalue weighted by atomic mass is 79.9. The van der Waals surface area contributed by atoms with Gasteiger partial charge in [-0.1, -0.05) is 46.3 Å². The van der Waals surface area contributed by atoms with Gasteiger partial charge in [-0.05, 0) is 42.7 Å². The lowest BCUT2D eigenvalue weighted by Crippen LogP contribution is -2.30. The van der Waals surface area contributed by atoms with Gasteiger partial charge in [0.25, 0.3) is 0 Å². The molecule has 2 aromatic carbocycles. The molecular formula is C20H21BrN2O2. The minimum Gasteiger partial charge on any atom is -0.342 e. The van der Waals surface area contributed by atoms with Crippen LogP contribution in [-0.2, 0) is 16.0 Å². The molecule has 1 N–H and O–H groups in total. The first-order valence-corrected chi connectivity index (χ1v) is 9.21. The quantitative estimate of drug-likeness (QED) is 0.829. The highest BCUT2D eigenvalue weighted by Crippen LogP contribution is 2.23. The molecule has 0 bridgehead atoms. The third kappa shape index (κ3) is 4.48. The lowest BCUT2D eigenvalue weighted by atomic mass is 10.1. The summed E-state index contributed by atoms with van der Waals surface area (Å²) in [4.78, 5) is 26.5. The molecule has 1 saturated heterocycles. The number of hydrogen-bond acceptors (Lipinski definition) is 2. The van der Waals surface area contributed by atoms with Gasteiger partial charge in [0, 0.05) is 29.7 Å². The SMILES string of the molecule is Cc1cc(Br)ccc1NC(=O)[C@H]1CC(=O)N(CCc2ccccc2)C1. The second-order valence-corrected chi connectivity index (χ2v) is 7.34. The van der Waals surface area contributed by atoms with Crippen LogP contribution in [-0.4, -0.2) is 29.8 Å². The van der Waals surface area contributed by atoms with Gasteiger partial charge in [-0.15, -0.1) is 0 Å². The Labute approximate surface area is 156 Å². The Hall–Kier alpha value is -2.14. The number of nitrogens with one attached hydrogen (secondary N) is 1. The predicted molar refractivity (Wildman–Crippen MR) is 102 cm³/mol. The molecule has 1 aliphatic heterocycles. The van der Waals surface area contributed by atoms with Crippen LogP contribution in [0.1, 0.15) is 17.5 Å². The maximum absolute atomic E-state index is 12.5. The Balaban J connectivity index is 1.57. The molecule has 0 radical (unpaired) electrons. The van der Waals surface area contributed by atoms with E-state index in [1.165, 1.54) is 5.56 Å². The molecule has 2 amide bonds. The Bertz CT molecular complexity index is 777. The molecule has 1 aliphatic rings. The number of amides is 2. The van der Waals surface area contributed by atoms with Crippen LogP contribution < -0.4 is 5.32 Å². The van der Waals surface area contributed by atoms with Crippen LogP contribution in [0.15, 0.2) is 53.0 Å². The average molecular weight is 401 g/mol. The van der Waals surface area contributed by atoms with E-state index in [9.17, 15) is 9.59 Å². The zero-order valence-corrected chi connectivity index (χ0v) is 15.8. The number of benzene rings is 2. The second-order valence-electron chi connectivity index (χ2n) is 6.42. The van der Waals surface area contributed by atoms with E-state index in [4.69, 9.17) is 0 Å². The predicted octanol–water partition coefficient (Wildman–Crippen LogP) is 3.79. The van der Waals surface area contributed by atoms with E-state index in [2.05, 4.69) is 33.4 Å². The number of carbonyl (C=O) groups excluding carboxylic acids is 2. The third-order valence-electron chi connectivity index (χ3n) is 4.54. The number of likely N-dealkylation sites (tertiary alicyclic amines) is 1. The van der Waals surface area contributed by atoms with Crippen molar-refractivity contribution in [3.63, 3.8) is 0 Å². The van der Waals surface area contributed by atoms with Crippen molar-refractivity contribution in [2.45, 2.75) is 19.8 Å². The van der Waals surface area contributed by atoms with Crippen molar-refractivity contribution in [3.05, 3.63) is 64.1 Å². The molecule has 1 heterocycles. The normalized spacial score (nSPS) is 17.0. The topological polar surface area (TPSA) is 49.4 Å². The van der Waals surface area contributed by atoms with Gasteiger partial charge in [-0.25, -0.2) is 0 Å². The number of aryl methyl sites for hydroxylation is 1. The summed E-state index contributed by atoms with van der Waals surface area (Å²) in [5, 5.41) is 2.96. The number of nitrogens with zero attached hydrogens (tertiary/aromatic N) is 1. The molecule has 0 spiro atoms. The van der Waals surface area contributed by atoms with E-state index in [1.807, 2.05) is 43.3 Å². The average Bonchev–Trinajstić information content (AvgIpc) is 2.97. The molecule has 0 aromatic heterocycles. The third-order valence-corrected chi connectivity index (χ3v) is 5.04. The van der Waals surface area contributed by atoms with Gasteiger partial charge in [0.2, 0.25) is 11.8 Å². The van der Waals surface area contributed by atoms with E-state index in [1.54, 1.807) is 4.90 Å². The van der Waals surface area contributed by atoms with E-state index >= 15 is 0 Å². The Kier molecular flexibility index (Phi) is 5.53. The molecule has 1 fully saturated rings. The highest BCUT2D eigenvalue weighted by Gasteiger charge is 2.34. The molecule has 130 valence electrons. The van der Waals surface area contributed by atoms with E-state index in [0.717, 1.165) is 22.1 Å². The summed E-state index contributed by atoms with van der Waals surface area (Å²) in [7, 11) is 0. The number of carbonyl (C=O) groups is 2. The summed E-state index contributed by atoms with van der Waals surface area (Å²) < 4.78 is 0.978. The number of rotatable bonds is 5. The molecule has 2 aromatic rings. The molecule has 1 atom stereocenters. The van der Waals surface area contributed by atoms with Crippen LogP contribution in [0.2, 0.25) is 0 Å². The lowest BCUT2D eigenvalue weighted by Gasteiger charge is -2.17. The zero-order chi connectivity index (χ0) is 17.8. The van der Waals surface area contributed by atoms with Crippen molar-refractivity contribution in [3.8, 4) is 0 Å². The first-order chi connectivity index (χ1) is 12.0. The molecule has 25 heavy (non-hydrogen) atoms. The fourth-order valence-corrected chi connectivity index (χ4v) is 3.55. The number of anilines is 1. The monoisotopic (exact) mass is 400 g/mol. The van der Waals surface area contributed by atoms with Crippen molar-refractivity contribution in [2.24, 2.45) is 5.92 Å². The van der Waals surface area contributed by atoms with Gasteiger partial charge in [-0.3, -0.25) is 9.59 Å². The van der Waals surface area contributed by atoms with Gasteiger partial charge in [0.05, 0.1) is 5.92 Å². The Morgan fingerprint density at radius 3 is 2.72 bits per heavy atom. The van der Waals surface area contributed by atoms with Crippen LogP contribution in [0.3, 0.4) is 0 Å². The highest BCUT2D eigenvalue weighted by molar-refractivity contribution is 9.10. The summed E-state index contributed by atoms with van der Waals surface area (Å²) in [6.45, 7) is 3.10. The first-order valence-electron chi connectivity index (χ1n) is 8.41. The van der Waals surface area contributed by atoms with Crippen molar-refractivity contribution in [2.75, 3.05) is 18.4 Å². The Morgan fingerprint density at radius 2 is 2.00 bits per heavy atom. The van der Waals surface area contributed by atoms with Gasteiger partial charge in [0.1, 0.15) is 0 Å². The van der Waals surface area contributed by atoms with Crippen LogP contribution in [0, 0.1) is 12.8 Å². The van der Waals surface area contributed by atoms with E-state index in [-0.39, 0.29) is 24.2 Å². The summed E-state index contributed by atoms with van der Waals surface area (Å²) in [6.07, 6.45) is 1.10. The number of hydrogen-bond donors (Lipinski definition) is 1. The second kappa shape index (κ2) is 7.83. The summed E-state index contributed by atoms with van der Waals surface area (Å²) in [5.41, 5.74) is 2.99. The van der Waals surface area contributed by atoms with Gasteiger partial charge in [0.15, 0.2) is 0 Å². The zero-order valence-electron chi connectivity index (χ0n) is 14.2. The maximum atomic E-state index is 12.5. The molecule has 0 saturated carbocycles. The lowest BCUT2D eigenvalue weighted by molar-refractivity contribution is -0.128. The first kappa shape index (κ1) is 17.7. The van der Waals surface area contributed by atoms with Crippen LogP contribution in [0.25, 0.3) is 0 Å². The molecule has 3 rings (SSSR count). The molecule has 0 unspecified atom stereocenters. The van der Waals surface area contributed by atoms with Gasteiger partial charge in [-0.2, -0.15) is 0 Å². The van der Waals surface area contributed by atoms with Crippen LogP contribution in [0.4, 0.5) is 5.69 Å². The largest absolute Gasteiger partial charge is 0.342 e. The van der Waals surface area contributed by atoms with E-state index < -0.39 is 0 Å². The maximum Gasteiger partial charge on any atom is 0.229 e.